The van der Waals surface area contributed by atoms with Gasteiger partial charge in [0.25, 0.3) is 0 Å². The number of hydrogen-bond acceptors (Lipinski definition) is 3. The quantitative estimate of drug-likeness (QED) is 0.867. The van der Waals surface area contributed by atoms with E-state index in [-0.39, 0.29) is 0 Å². The summed E-state index contributed by atoms with van der Waals surface area (Å²) < 4.78 is 10.7. The lowest BCUT2D eigenvalue weighted by Gasteiger charge is -2.14. The topological polar surface area (TPSA) is 30.5 Å². The van der Waals surface area contributed by atoms with Crippen LogP contribution in [0.3, 0.4) is 0 Å². The lowest BCUT2D eigenvalue weighted by Crippen LogP contribution is -2.22. The lowest BCUT2D eigenvalue weighted by atomic mass is 10.1. The third kappa shape index (κ3) is 2.12. The molecule has 1 aliphatic carbocycles. The Morgan fingerprint density at radius 2 is 2.18 bits per heavy atom. The molecule has 1 saturated carbocycles. The van der Waals surface area contributed by atoms with Gasteiger partial charge in [0.1, 0.15) is 0 Å². The molecule has 17 heavy (non-hydrogen) atoms. The van der Waals surface area contributed by atoms with Crippen molar-refractivity contribution < 1.29 is 9.47 Å². The van der Waals surface area contributed by atoms with E-state index in [2.05, 4.69) is 31.3 Å². The molecule has 1 heterocycles. The molecule has 1 N–H and O–H groups in total. The van der Waals surface area contributed by atoms with E-state index in [9.17, 15) is 0 Å². The van der Waals surface area contributed by atoms with Crippen LogP contribution >= 0.6 is 0 Å². The molecule has 0 amide bonds. The first-order chi connectivity index (χ1) is 8.28. The van der Waals surface area contributed by atoms with Gasteiger partial charge in [-0.2, -0.15) is 0 Å². The number of hydrogen-bond donors (Lipinski definition) is 1. The maximum Gasteiger partial charge on any atom is 0.231 e. The minimum absolute atomic E-state index is 0.348. The van der Waals surface area contributed by atoms with Gasteiger partial charge < -0.3 is 14.8 Å². The second kappa shape index (κ2) is 4.22. The van der Waals surface area contributed by atoms with Gasteiger partial charge in [0.15, 0.2) is 11.5 Å². The molecule has 0 radical (unpaired) electrons. The van der Waals surface area contributed by atoms with Crippen LogP contribution in [0.1, 0.15) is 38.3 Å². The molecule has 3 unspecified atom stereocenters. The molecule has 3 heteroatoms. The highest BCUT2D eigenvalue weighted by atomic mass is 16.7. The average Bonchev–Trinajstić information content (AvgIpc) is 2.92. The Bertz CT molecular complexity index is 419. The zero-order valence-corrected chi connectivity index (χ0v) is 10.4. The van der Waals surface area contributed by atoms with Gasteiger partial charge in [-0.05, 0) is 37.0 Å². The largest absolute Gasteiger partial charge is 0.454 e. The van der Waals surface area contributed by atoms with Crippen LogP contribution in [0.15, 0.2) is 18.2 Å². The Morgan fingerprint density at radius 1 is 1.35 bits per heavy atom. The minimum Gasteiger partial charge on any atom is -0.454 e. The predicted molar refractivity (Wildman–Crippen MR) is 66.3 cm³/mol. The lowest BCUT2D eigenvalue weighted by molar-refractivity contribution is 0.174. The summed E-state index contributed by atoms with van der Waals surface area (Å²) in [7, 11) is 0. The summed E-state index contributed by atoms with van der Waals surface area (Å²) in [5, 5.41) is 3.67. The molecule has 92 valence electrons. The van der Waals surface area contributed by atoms with E-state index in [4.69, 9.17) is 9.47 Å². The summed E-state index contributed by atoms with van der Waals surface area (Å²) in [6.45, 7) is 4.82. The number of ether oxygens (including phenoxy) is 2. The molecule has 2 aliphatic rings. The summed E-state index contributed by atoms with van der Waals surface area (Å²) in [4.78, 5) is 0. The van der Waals surface area contributed by atoms with Gasteiger partial charge in [0.05, 0.1) is 0 Å². The van der Waals surface area contributed by atoms with Crippen molar-refractivity contribution in [2.45, 2.75) is 38.8 Å². The third-order valence-corrected chi connectivity index (χ3v) is 3.81. The molecule has 3 rings (SSSR count). The highest BCUT2D eigenvalue weighted by Crippen LogP contribution is 2.37. The van der Waals surface area contributed by atoms with Crippen LogP contribution in [-0.4, -0.2) is 12.8 Å². The van der Waals surface area contributed by atoms with Crippen LogP contribution in [0, 0.1) is 5.92 Å². The van der Waals surface area contributed by atoms with Crippen molar-refractivity contribution in [1.29, 1.82) is 0 Å². The zero-order chi connectivity index (χ0) is 11.8. The fraction of sp³-hybridized carbons (Fsp3) is 0.571. The minimum atomic E-state index is 0.348. The maximum absolute atomic E-state index is 5.40. The van der Waals surface area contributed by atoms with Crippen LogP contribution < -0.4 is 14.8 Å². The van der Waals surface area contributed by atoms with E-state index in [0.717, 1.165) is 17.4 Å². The first kappa shape index (κ1) is 10.9. The molecule has 1 aromatic rings. The highest BCUT2D eigenvalue weighted by molar-refractivity contribution is 5.45. The van der Waals surface area contributed by atoms with Crippen molar-refractivity contribution in [2.75, 3.05) is 6.79 Å². The molecular weight excluding hydrogens is 214 g/mol. The fourth-order valence-electron chi connectivity index (χ4n) is 2.50. The van der Waals surface area contributed by atoms with Crippen molar-refractivity contribution in [3.8, 4) is 11.5 Å². The van der Waals surface area contributed by atoms with Crippen LogP contribution in [0.5, 0.6) is 11.5 Å². The monoisotopic (exact) mass is 233 g/mol. The van der Waals surface area contributed by atoms with Crippen molar-refractivity contribution in [3.63, 3.8) is 0 Å². The molecule has 1 aliphatic heterocycles. The first-order valence-electron chi connectivity index (χ1n) is 6.43. The maximum atomic E-state index is 5.40. The van der Waals surface area contributed by atoms with Gasteiger partial charge >= 0.3 is 0 Å². The van der Waals surface area contributed by atoms with Crippen molar-refractivity contribution in [1.82, 2.24) is 5.32 Å². The Hall–Kier alpha value is -1.22. The second-order valence-corrected chi connectivity index (χ2v) is 5.01. The van der Waals surface area contributed by atoms with E-state index < -0.39 is 0 Å². The predicted octanol–water partition coefficient (Wildman–Crippen LogP) is 2.86. The summed E-state index contributed by atoms with van der Waals surface area (Å²) in [6, 6.07) is 7.30. The molecule has 0 aromatic heterocycles. The van der Waals surface area contributed by atoms with Crippen LogP contribution in [-0.2, 0) is 0 Å². The van der Waals surface area contributed by atoms with E-state index >= 15 is 0 Å². The van der Waals surface area contributed by atoms with E-state index in [0.29, 0.717) is 18.9 Å². The summed E-state index contributed by atoms with van der Waals surface area (Å²) in [5.74, 6) is 2.62. The summed E-state index contributed by atoms with van der Waals surface area (Å²) in [5.41, 5.74) is 1.27. The van der Waals surface area contributed by atoms with Gasteiger partial charge in [-0.15, -0.1) is 0 Å². The molecule has 0 bridgehead atoms. The molecule has 3 nitrogen and oxygen atoms in total. The van der Waals surface area contributed by atoms with Crippen molar-refractivity contribution in [3.05, 3.63) is 23.8 Å². The average molecular weight is 233 g/mol. The number of nitrogens with one attached hydrogen (secondary N) is 1. The van der Waals surface area contributed by atoms with E-state index in [1.165, 1.54) is 18.4 Å². The molecule has 1 aromatic carbocycles. The normalized spacial score (nSPS) is 26.9. The fourth-order valence-corrected chi connectivity index (χ4v) is 2.50. The Balaban J connectivity index is 1.67. The van der Waals surface area contributed by atoms with Gasteiger partial charge in [-0.25, -0.2) is 0 Å². The molecule has 0 spiro atoms. The summed E-state index contributed by atoms with van der Waals surface area (Å²) >= 11 is 0. The molecule has 3 atom stereocenters. The smallest absolute Gasteiger partial charge is 0.231 e. The van der Waals surface area contributed by atoms with Gasteiger partial charge in [0.2, 0.25) is 6.79 Å². The van der Waals surface area contributed by atoms with Crippen LogP contribution in [0.25, 0.3) is 0 Å². The first-order valence-corrected chi connectivity index (χ1v) is 6.43. The summed E-state index contributed by atoms with van der Waals surface area (Å²) in [6.07, 6.45) is 2.61. The number of fused-ring (bicyclic) bond motifs is 1. The van der Waals surface area contributed by atoms with Crippen LogP contribution in [0.4, 0.5) is 0 Å². The van der Waals surface area contributed by atoms with E-state index in [1.807, 2.05) is 6.07 Å². The second-order valence-electron chi connectivity index (χ2n) is 5.01. The third-order valence-electron chi connectivity index (χ3n) is 3.81. The Labute approximate surface area is 102 Å². The molecule has 0 saturated heterocycles. The highest BCUT2D eigenvalue weighted by Gasteiger charge is 2.36. The molecule has 1 fully saturated rings. The SMILES string of the molecule is CCC1CC1NC(C)c1ccc2c(c1)OCO2. The Kier molecular flexibility index (Phi) is 2.71. The Morgan fingerprint density at radius 3 is 2.94 bits per heavy atom. The van der Waals surface area contributed by atoms with E-state index in [1.54, 1.807) is 0 Å². The van der Waals surface area contributed by atoms with Crippen LogP contribution in [0.2, 0.25) is 0 Å². The van der Waals surface area contributed by atoms with Crippen molar-refractivity contribution >= 4 is 0 Å². The van der Waals surface area contributed by atoms with Gasteiger partial charge in [-0.1, -0.05) is 19.4 Å². The number of rotatable bonds is 4. The zero-order valence-electron chi connectivity index (χ0n) is 10.4. The number of benzene rings is 1. The van der Waals surface area contributed by atoms with Crippen molar-refractivity contribution in [2.24, 2.45) is 5.92 Å². The molecular formula is C14H19NO2. The van der Waals surface area contributed by atoms with Gasteiger partial charge in [-0.3, -0.25) is 0 Å². The van der Waals surface area contributed by atoms with Gasteiger partial charge in [0, 0.05) is 12.1 Å². The standard InChI is InChI=1S/C14H19NO2/c1-3-10-6-12(10)15-9(2)11-4-5-13-14(7-11)17-8-16-13/h4-5,7,9-10,12,15H,3,6,8H2,1-2H3.